The van der Waals surface area contributed by atoms with Crippen LogP contribution in [0.25, 0.3) is 0 Å². The van der Waals surface area contributed by atoms with Gasteiger partial charge in [-0.25, -0.2) is 0 Å². The standard InChI is InChI=1S/C5H10OS.C3H9N.C2H6.CH5N/c1-5(2)3-7-4-6;1-4(2)3;2*1-2/h4-5H,3H2,1-2H3;1-3H3;1-2H3;2H2,1H3. The van der Waals surface area contributed by atoms with Gasteiger partial charge < -0.3 is 10.6 Å². The van der Waals surface area contributed by atoms with Gasteiger partial charge in [-0.3, -0.25) is 4.79 Å². The molecule has 2 N–H and O–H groups in total. The van der Waals surface area contributed by atoms with Crippen LogP contribution in [0.5, 0.6) is 0 Å². The maximum absolute atomic E-state index is 9.67. The molecule has 0 amide bonds. The lowest BCUT2D eigenvalue weighted by molar-refractivity contribution is 0.505. The molecule has 0 saturated carbocycles. The second-order valence-electron chi connectivity index (χ2n) is 3.17. The van der Waals surface area contributed by atoms with Crippen molar-refractivity contribution >= 4 is 17.4 Å². The van der Waals surface area contributed by atoms with Crippen LogP contribution in [-0.2, 0) is 4.79 Å². The maximum Gasteiger partial charge on any atom is 0.176 e. The average molecular weight is 238 g/mol. The summed E-state index contributed by atoms with van der Waals surface area (Å²) in [5.41, 5.74) is 5.39. The largest absolute Gasteiger partial charge is 0.333 e. The van der Waals surface area contributed by atoms with E-state index in [1.165, 1.54) is 18.8 Å². The zero-order chi connectivity index (χ0) is 13.3. The number of rotatable bonds is 3. The minimum atomic E-state index is 0.634. The molecule has 0 heterocycles. The summed E-state index contributed by atoms with van der Waals surface area (Å²) in [6, 6.07) is 0. The van der Waals surface area contributed by atoms with Crippen molar-refractivity contribution in [2.75, 3.05) is 33.9 Å². The van der Waals surface area contributed by atoms with Gasteiger partial charge in [0, 0.05) is 5.75 Å². The van der Waals surface area contributed by atoms with Gasteiger partial charge in [0.25, 0.3) is 0 Å². The van der Waals surface area contributed by atoms with E-state index >= 15 is 0 Å². The van der Waals surface area contributed by atoms with Gasteiger partial charge in [-0.05, 0) is 34.1 Å². The third-order valence-electron chi connectivity index (χ3n) is 0.498. The molecule has 3 nitrogen and oxygen atoms in total. The van der Waals surface area contributed by atoms with Gasteiger partial charge in [0.05, 0.1) is 0 Å². The van der Waals surface area contributed by atoms with Crippen molar-refractivity contribution in [2.24, 2.45) is 11.7 Å². The zero-order valence-corrected chi connectivity index (χ0v) is 12.5. The van der Waals surface area contributed by atoms with Crippen LogP contribution >= 0.6 is 11.8 Å². The van der Waals surface area contributed by atoms with Crippen molar-refractivity contribution < 1.29 is 4.79 Å². The van der Waals surface area contributed by atoms with Crippen molar-refractivity contribution in [3.63, 3.8) is 0 Å². The van der Waals surface area contributed by atoms with Crippen molar-refractivity contribution in [3.05, 3.63) is 0 Å². The molecule has 0 bridgehead atoms. The van der Waals surface area contributed by atoms with Crippen LogP contribution < -0.4 is 5.73 Å². The van der Waals surface area contributed by atoms with Crippen molar-refractivity contribution in [1.29, 1.82) is 0 Å². The van der Waals surface area contributed by atoms with Crippen LogP contribution in [0, 0.1) is 5.92 Å². The van der Waals surface area contributed by atoms with Gasteiger partial charge in [0.2, 0.25) is 0 Å². The predicted octanol–water partition coefficient (Wildman–Crippen LogP) is 2.34. The van der Waals surface area contributed by atoms with Crippen molar-refractivity contribution in [3.8, 4) is 0 Å². The lowest BCUT2D eigenvalue weighted by Crippen LogP contribution is -1.99. The normalized spacial score (nSPS) is 7.67. The number of thioether (sulfide) groups is 1. The first-order chi connectivity index (χ1) is 7.00. The molecule has 0 unspecified atom stereocenters. The van der Waals surface area contributed by atoms with Gasteiger partial charge in [0.1, 0.15) is 0 Å². The maximum atomic E-state index is 9.67. The Balaban J connectivity index is -0.0000000647. The minimum absolute atomic E-state index is 0.634. The molecule has 0 fully saturated rings. The van der Waals surface area contributed by atoms with Gasteiger partial charge in [-0.1, -0.05) is 39.5 Å². The molecule has 96 valence electrons. The molecule has 0 aliphatic rings. The van der Waals surface area contributed by atoms with Gasteiger partial charge >= 0.3 is 0 Å². The summed E-state index contributed by atoms with van der Waals surface area (Å²) in [5.74, 6) is 1.58. The summed E-state index contributed by atoms with van der Waals surface area (Å²) >= 11 is 1.34. The Morgan fingerprint density at radius 2 is 1.47 bits per heavy atom. The number of carbonyl (C=O) groups is 1. The number of carbonyl (C=O) groups excluding carboxylic acids is 1. The second kappa shape index (κ2) is 29.2. The Hall–Kier alpha value is -0.0600. The van der Waals surface area contributed by atoms with Crippen molar-refractivity contribution in [1.82, 2.24) is 4.90 Å². The molecule has 0 aromatic heterocycles. The highest BCUT2D eigenvalue weighted by Crippen LogP contribution is 2.01. The second-order valence-corrected chi connectivity index (χ2v) is 4.02. The number of nitrogens with two attached hydrogens (primary N) is 1. The third kappa shape index (κ3) is 128. The Morgan fingerprint density at radius 3 is 1.53 bits per heavy atom. The van der Waals surface area contributed by atoms with E-state index in [-0.39, 0.29) is 0 Å². The van der Waals surface area contributed by atoms with Crippen molar-refractivity contribution in [2.45, 2.75) is 27.7 Å². The van der Waals surface area contributed by atoms with Gasteiger partial charge in [-0.15, -0.1) is 0 Å². The Kier molecular flexibility index (Phi) is 47.2. The fourth-order valence-electron chi connectivity index (χ4n) is 0.232. The fraction of sp³-hybridized carbons (Fsp3) is 0.909. The minimum Gasteiger partial charge on any atom is -0.333 e. The molecular weight excluding hydrogens is 208 g/mol. The van der Waals surface area contributed by atoms with Crippen LogP contribution in [0.1, 0.15) is 27.7 Å². The molecule has 15 heavy (non-hydrogen) atoms. The molecule has 0 aromatic rings. The fourth-order valence-corrected chi connectivity index (χ4v) is 0.695. The third-order valence-corrected chi connectivity index (χ3v) is 1.49. The molecule has 0 saturated heterocycles. The summed E-state index contributed by atoms with van der Waals surface area (Å²) in [7, 11) is 7.50. The molecule has 0 radical (unpaired) electrons. The van der Waals surface area contributed by atoms with Crippen LogP contribution in [-0.4, -0.2) is 44.5 Å². The van der Waals surface area contributed by atoms with Crippen LogP contribution in [0.3, 0.4) is 0 Å². The SMILES string of the molecule is CC.CC(C)CSC=O.CN.CN(C)C. The summed E-state index contributed by atoms with van der Waals surface area (Å²) in [6.45, 7) is 8.19. The molecular formula is C11H30N2OS. The zero-order valence-electron chi connectivity index (χ0n) is 11.7. The quantitative estimate of drug-likeness (QED) is 0.767. The van der Waals surface area contributed by atoms with E-state index in [0.29, 0.717) is 5.92 Å². The molecule has 0 spiro atoms. The Bertz CT molecular complexity index is 85.9. The van der Waals surface area contributed by atoms with Gasteiger partial charge in [0.15, 0.2) is 5.62 Å². The highest BCUT2D eigenvalue weighted by molar-refractivity contribution is 8.11. The Labute approximate surface area is 101 Å². The highest BCUT2D eigenvalue weighted by atomic mass is 32.2. The van der Waals surface area contributed by atoms with E-state index in [2.05, 4.69) is 19.6 Å². The molecule has 4 heteroatoms. The number of hydrogen-bond acceptors (Lipinski definition) is 4. The smallest absolute Gasteiger partial charge is 0.176 e. The number of nitrogens with zero attached hydrogens (tertiary/aromatic N) is 1. The van der Waals surface area contributed by atoms with E-state index in [1.54, 1.807) is 0 Å². The highest BCUT2D eigenvalue weighted by Gasteiger charge is 1.89. The lowest BCUT2D eigenvalue weighted by atomic mass is 10.3. The Morgan fingerprint density at radius 1 is 1.20 bits per heavy atom. The molecule has 0 atom stereocenters. The first kappa shape index (κ1) is 24.3. The monoisotopic (exact) mass is 238 g/mol. The first-order valence-corrected chi connectivity index (χ1v) is 6.29. The molecule has 0 aromatic carbocycles. The topological polar surface area (TPSA) is 46.3 Å². The summed E-state index contributed by atoms with van der Waals surface area (Å²) < 4.78 is 0. The lowest BCUT2D eigenvalue weighted by Gasteiger charge is -1.94. The van der Waals surface area contributed by atoms with E-state index < -0.39 is 0 Å². The van der Waals surface area contributed by atoms with Gasteiger partial charge in [-0.2, -0.15) is 0 Å². The molecule has 0 rings (SSSR count). The predicted molar refractivity (Wildman–Crippen MR) is 75.1 cm³/mol. The van der Waals surface area contributed by atoms with Crippen LogP contribution in [0.4, 0.5) is 0 Å². The first-order valence-electron chi connectivity index (χ1n) is 5.24. The summed E-state index contributed by atoms with van der Waals surface area (Å²) in [4.78, 5) is 11.7. The van der Waals surface area contributed by atoms with Crippen LogP contribution in [0.2, 0.25) is 0 Å². The number of hydrogen-bond donors (Lipinski definition) is 1. The average Bonchev–Trinajstić information content (AvgIpc) is 2.20. The van der Waals surface area contributed by atoms with E-state index in [1.807, 2.05) is 39.9 Å². The molecule has 0 aliphatic heterocycles. The summed E-state index contributed by atoms with van der Waals surface area (Å²) in [6.07, 6.45) is 0. The van der Waals surface area contributed by atoms with E-state index in [4.69, 9.17) is 0 Å². The van der Waals surface area contributed by atoms with E-state index in [9.17, 15) is 4.79 Å². The van der Waals surface area contributed by atoms with E-state index in [0.717, 1.165) is 11.4 Å². The van der Waals surface area contributed by atoms with Crippen LogP contribution in [0.15, 0.2) is 0 Å². The molecule has 0 aliphatic carbocycles. The summed E-state index contributed by atoms with van der Waals surface area (Å²) in [5, 5.41) is 0.